The molecule has 0 spiro atoms. The molecular weight excluding hydrogens is 196 g/mol. The second kappa shape index (κ2) is 3.12. The van der Waals surface area contributed by atoms with Gasteiger partial charge in [0.15, 0.2) is 0 Å². The van der Waals surface area contributed by atoms with Crippen LogP contribution >= 0.6 is 0 Å². The van der Waals surface area contributed by atoms with Crippen molar-refractivity contribution >= 4 is 10.9 Å². The zero-order valence-corrected chi connectivity index (χ0v) is 9.40. The van der Waals surface area contributed by atoms with E-state index in [9.17, 15) is 5.26 Å². The normalized spacial score (nSPS) is 18.0. The maximum absolute atomic E-state index is 9.40. The summed E-state index contributed by atoms with van der Waals surface area (Å²) in [5.74, 6) is 0. The van der Waals surface area contributed by atoms with E-state index >= 15 is 0 Å². The van der Waals surface area contributed by atoms with Gasteiger partial charge < -0.3 is 4.57 Å². The van der Waals surface area contributed by atoms with E-state index in [1.54, 1.807) is 0 Å². The molecule has 1 aliphatic carbocycles. The lowest BCUT2D eigenvalue weighted by Gasteiger charge is -2.36. The van der Waals surface area contributed by atoms with E-state index in [0.717, 1.165) is 12.8 Å². The standard InChI is InChI=1S/C14H14N2/c1-16-9-6-11-12(4-2-5-13(11)16)14(10-15)7-3-8-14/h2,4-6,9H,3,7-8H2,1H3. The van der Waals surface area contributed by atoms with Crippen molar-refractivity contribution in [1.29, 1.82) is 5.26 Å². The molecule has 0 saturated heterocycles. The van der Waals surface area contributed by atoms with Crippen LogP contribution in [0.2, 0.25) is 0 Å². The highest BCUT2D eigenvalue weighted by Gasteiger charge is 2.40. The molecule has 1 aromatic carbocycles. The van der Waals surface area contributed by atoms with E-state index in [1.807, 2.05) is 7.05 Å². The van der Waals surface area contributed by atoms with Gasteiger partial charge in [0.2, 0.25) is 0 Å². The molecule has 0 radical (unpaired) electrons. The maximum Gasteiger partial charge on any atom is 0.0829 e. The topological polar surface area (TPSA) is 28.7 Å². The Kier molecular flexibility index (Phi) is 1.85. The van der Waals surface area contributed by atoms with Crippen LogP contribution in [0, 0.1) is 11.3 Å². The molecule has 1 aliphatic rings. The van der Waals surface area contributed by atoms with Crippen LogP contribution in [0.25, 0.3) is 10.9 Å². The number of benzene rings is 1. The van der Waals surface area contributed by atoms with Crippen LogP contribution in [0.3, 0.4) is 0 Å². The number of nitrogens with zero attached hydrogens (tertiary/aromatic N) is 2. The fourth-order valence-electron chi connectivity index (χ4n) is 2.69. The highest BCUT2D eigenvalue weighted by atomic mass is 14.9. The summed E-state index contributed by atoms with van der Waals surface area (Å²) in [6.07, 6.45) is 5.27. The minimum absolute atomic E-state index is 0.207. The van der Waals surface area contributed by atoms with Gasteiger partial charge in [0.1, 0.15) is 0 Å². The van der Waals surface area contributed by atoms with Crippen molar-refractivity contribution in [3.05, 3.63) is 36.0 Å². The molecule has 2 heteroatoms. The summed E-state index contributed by atoms with van der Waals surface area (Å²) in [6, 6.07) is 10.9. The number of nitriles is 1. The summed E-state index contributed by atoms with van der Waals surface area (Å²) in [4.78, 5) is 0. The minimum atomic E-state index is -0.207. The lowest BCUT2D eigenvalue weighted by molar-refractivity contribution is 0.326. The van der Waals surface area contributed by atoms with Gasteiger partial charge in [0.05, 0.1) is 11.5 Å². The molecule has 0 unspecified atom stereocenters. The molecule has 2 nitrogen and oxygen atoms in total. The van der Waals surface area contributed by atoms with Crippen molar-refractivity contribution in [2.45, 2.75) is 24.7 Å². The predicted molar refractivity (Wildman–Crippen MR) is 64.1 cm³/mol. The first-order valence-electron chi connectivity index (χ1n) is 5.73. The van der Waals surface area contributed by atoms with Gasteiger partial charge in [-0.25, -0.2) is 0 Å². The van der Waals surface area contributed by atoms with Crippen molar-refractivity contribution in [2.75, 3.05) is 0 Å². The Hall–Kier alpha value is -1.75. The Morgan fingerprint density at radius 3 is 2.75 bits per heavy atom. The van der Waals surface area contributed by atoms with Gasteiger partial charge in [-0.1, -0.05) is 12.1 Å². The van der Waals surface area contributed by atoms with E-state index in [0.29, 0.717) is 0 Å². The van der Waals surface area contributed by atoms with Gasteiger partial charge in [-0.05, 0) is 37.0 Å². The molecule has 0 bridgehead atoms. The van der Waals surface area contributed by atoms with E-state index in [2.05, 4.69) is 41.1 Å². The Bertz CT molecular complexity index is 582. The quantitative estimate of drug-likeness (QED) is 0.711. The Labute approximate surface area is 95.1 Å². The molecule has 0 aliphatic heterocycles. The fraction of sp³-hybridized carbons (Fsp3) is 0.357. The number of hydrogen-bond donors (Lipinski definition) is 0. The largest absolute Gasteiger partial charge is 0.351 e. The smallest absolute Gasteiger partial charge is 0.0829 e. The lowest BCUT2D eigenvalue weighted by atomic mass is 9.65. The number of hydrogen-bond acceptors (Lipinski definition) is 1. The van der Waals surface area contributed by atoms with Crippen molar-refractivity contribution in [1.82, 2.24) is 4.57 Å². The molecular formula is C14H14N2. The minimum Gasteiger partial charge on any atom is -0.351 e. The summed E-state index contributed by atoms with van der Waals surface area (Å²) in [5, 5.41) is 10.6. The van der Waals surface area contributed by atoms with Crippen LogP contribution in [0.5, 0.6) is 0 Å². The van der Waals surface area contributed by atoms with Crippen LogP contribution in [-0.4, -0.2) is 4.57 Å². The Balaban J connectivity index is 2.28. The van der Waals surface area contributed by atoms with E-state index in [-0.39, 0.29) is 5.41 Å². The second-order valence-corrected chi connectivity index (χ2v) is 4.71. The van der Waals surface area contributed by atoms with Gasteiger partial charge in [0.25, 0.3) is 0 Å². The fourth-order valence-corrected chi connectivity index (χ4v) is 2.69. The molecule has 0 amide bonds. The summed E-state index contributed by atoms with van der Waals surface area (Å²) in [5.41, 5.74) is 2.24. The van der Waals surface area contributed by atoms with Crippen molar-refractivity contribution in [3.8, 4) is 6.07 Å². The molecule has 1 heterocycles. The monoisotopic (exact) mass is 210 g/mol. The Morgan fingerprint density at radius 2 is 2.12 bits per heavy atom. The summed E-state index contributed by atoms with van der Waals surface area (Å²) in [6.45, 7) is 0. The zero-order valence-electron chi connectivity index (χ0n) is 9.40. The van der Waals surface area contributed by atoms with Crippen LogP contribution in [-0.2, 0) is 12.5 Å². The number of fused-ring (bicyclic) bond motifs is 1. The third-order valence-electron chi connectivity index (χ3n) is 3.86. The Morgan fingerprint density at radius 1 is 1.31 bits per heavy atom. The SMILES string of the molecule is Cn1ccc2c(C3(C#N)CCC3)cccc21. The molecule has 0 N–H and O–H groups in total. The molecule has 2 aromatic rings. The third-order valence-corrected chi connectivity index (χ3v) is 3.86. The maximum atomic E-state index is 9.40. The predicted octanol–water partition coefficient (Wildman–Crippen LogP) is 3.12. The van der Waals surface area contributed by atoms with Crippen molar-refractivity contribution in [3.63, 3.8) is 0 Å². The summed E-state index contributed by atoms with van der Waals surface area (Å²) in [7, 11) is 2.05. The second-order valence-electron chi connectivity index (χ2n) is 4.71. The van der Waals surface area contributed by atoms with Crippen LogP contribution < -0.4 is 0 Å². The van der Waals surface area contributed by atoms with Gasteiger partial charge in [0, 0.05) is 24.1 Å². The van der Waals surface area contributed by atoms with E-state index in [1.165, 1.54) is 22.9 Å². The highest BCUT2D eigenvalue weighted by Crippen LogP contribution is 2.45. The van der Waals surface area contributed by atoms with Crippen molar-refractivity contribution in [2.24, 2.45) is 7.05 Å². The molecule has 3 rings (SSSR count). The number of aryl methyl sites for hydroxylation is 1. The van der Waals surface area contributed by atoms with Gasteiger partial charge >= 0.3 is 0 Å². The first-order chi connectivity index (χ1) is 7.77. The average molecular weight is 210 g/mol. The number of aromatic nitrogens is 1. The van der Waals surface area contributed by atoms with E-state index in [4.69, 9.17) is 0 Å². The van der Waals surface area contributed by atoms with Gasteiger partial charge in [-0.2, -0.15) is 5.26 Å². The molecule has 1 fully saturated rings. The van der Waals surface area contributed by atoms with E-state index < -0.39 is 0 Å². The van der Waals surface area contributed by atoms with Crippen LogP contribution in [0.4, 0.5) is 0 Å². The van der Waals surface area contributed by atoms with Gasteiger partial charge in [-0.15, -0.1) is 0 Å². The first-order valence-corrected chi connectivity index (χ1v) is 5.73. The highest BCUT2D eigenvalue weighted by molar-refractivity contribution is 5.85. The molecule has 16 heavy (non-hydrogen) atoms. The first kappa shape index (κ1) is 9.47. The lowest BCUT2D eigenvalue weighted by Crippen LogP contribution is -2.32. The molecule has 80 valence electrons. The van der Waals surface area contributed by atoms with Crippen LogP contribution in [0.15, 0.2) is 30.5 Å². The van der Waals surface area contributed by atoms with Gasteiger partial charge in [-0.3, -0.25) is 0 Å². The molecule has 1 aromatic heterocycles. The van der Waals surface area contributed by atoms with Crippen LogP contribution in [0.1, 0.15) is 24.8 Å². The molecule has 0 atom stereocenters. The zero-order chi connectivity index (χ0) is 11.2. The average Bonchev–Trinajstić information content (AvgIpc) is 2.61. The summed E-state index contributed by atoms with van der Waals surface area (Å²) < 4.78 is 2.11. The third kappa shape index (κ3) is 1.06. The molecule has 1 saturated carbocycles. The summed E-state index contributed by atoms with van der Waals surface area (Å²) >= 11 is 0. The van der Waals surface area contributed by atoms with Crippen molar-refractivity contribution < 1.29 is 0 Å². The number of rotatable bonds is 1.